The first kappa shape index (κ1) is 23.1. The molecule has 1 aromatic rings. The standard InChI is InChI=1S/C13H17N.C5H9O2.Li/c1-4-12(5-2)11(3)14-13-9-7-6-8-10-13;1-5(2,3)7-4-6;/h6-10,12,14H,1-5H2;1-3H3;/q-2;-1;+1. The Labute approximate surface area is 147 Å². The van der Waals surface area contributed by atoms with Crippen LogP contribution in [0.4, 0.5) is 5.69 Å². The van der Waals surface area contributed by atoms with Crippen LogP contribution in [0.1, 0.15) is 33.6 Å². The van der Waals surface area contributed by atoms with Crippen LogP contribution < -0.4 is 24.2 Å². The summed E-state index contributed by atoms with van der Waals surface area (Å²) >= 11 is 0. The Morgan fingerprint density at radius 3 is 2.09 bits per heavy atom. The number of benzene rings is 1. The summed E-state index contributed by atoms with van der Waals surface area (Å²) in [5, 5.41) is 3.27. The van der Waals surface area contributed by atoms with Crippen LogP contribution in [0.2, 0.25) is 0 Å². The van der Waals surface area contributed by atoms with Crippen LogP contribution in [-0.2, 0) is 9.53 Å². The summed E-state index contributed by atoms with van der Waals surface area (Å²) in [4.78, 5) is 9.47. The van der Waals surface area contributed by atoms with Crippen molar-refractivity contribution in [1.29, 1.82) is 0 Å². The van der Waals surface area contributed by atoms with Crippen molar-refractivity contribution in [1.82, 2.24) is 0 Å². The van der Waals surface area contributed by atoms with E-state index < -0.39 is 0 Å². The first-order chi connectivity index (χ1) is 9.84. The third-order valence-electron chi connectivity index (χ3n) is 2.62. The Hall–Kier alpha value is -1.17. The fourth-order valence-electron chi connectivity index (χ4n) is 1.43. The maximum absolute atomic E-state index is 9.47. The quantitative estimate of drug-likeness (QED) is 0.639. The molecule has 0 aliphatic rings. The monoisotopic (exact) mass is 295 g/mol. The third-order valence-corrected chi connectivity index (χ3v) is 2.62. The Kier molecular flexibility index (Phi) is 13.0. The molecule has 1 rings (SSSR count). The van der Waals surface area contributed by atoms with E-state index in [1.165, 1.54) is 6.47 Å². The maximum Gasteiger partial charge on any atom is 1.00 e. The van der Waals surface area contributed by atoms with Gasteiger partial charge in [0.15, 0.2) is 0 Å². The van der Waals surface area contributed by atoms with Crippen molar-refractivity contribution < 1.29 is 28.4 Å². The van der Waals surface area contributed by atoms with Gasteiger partial charge in [0.2, 0.25) is 0 Å². The summed E-state index contributed by atoms with van der Waals surface area (Å²) in [6.45, 7) is 18.5. The fraction of sp³-hybridized carbons (Fsp3) is 0.389. The first-order valence-electron chi connectivity index (χ1n) is 6.98. The second kappa shape index (κ2) is 12.4. The van der Waals surface area contributed by atoms with Gasteiger partial charge in [0.05, 0.1) is 5.60 Å². The Morgan fingerprint density at radius 1 is 1.27 bits per heavy atom. The van der Waals surface area contributed by atoms with Gasteiger partial charge in [0.25, 0.3) is 0 Å². The van der Waals surface area contributed by atoms with Crippen molar-refractivity contribution in [2.45, 2.75) is 39.2 Å². The van der Waals surface area contributed by atoms with Gasteiger partial charge in [-0.1, -0.05) is 37.2 Å². The number of nitrogens with one attached hydrogen (secondary N) is 1. The maximum atomic E-state index is 9.47. The molecular weight excluding hydrogens is 269 g/mol. The van der Waals surface area contributed by atoms with Gasteiger partial charge in [-0.05, 0) is 32.9 Å². The predicted molar refractivity (Wildman–Crippen MR) is 89.2 cm³/mol. The topological polar surface area (TPSA) is 38.3 Å². The molecule has 0 fully saturated rings. The predicted octanol–water partition coefficient (Wildman–Crippen LogP) is 1.55. The molecule has 3 nitrogen and oxygen atoms in total. The summed E-state index contributed by atoms with van der Waals surface area (Å²) in [7, 11) is 0. The van der Waals surface area contributed by atoms with E-state index in [2.05, 4.69) is 30.5 Å². The molecule has 0 unspecified atom stereocenters. The molecular formula is C18H26LiNO2-2. The molecule has 0 aliphatic heterocycles. The van der Waals surface area contributed by atoms with E-state index in [-0.39, 0.29) is 24.5 Å². The van der Waals surface area contributed by atoms with Crippen LogP contribution in [0.5, 0.6) is 0 Å². The van der Waals surface area contributed by atoms with Gasteiger partial charge >= 0.3 is 18.9 Å². The zero-order chi connectivity index (χ0) is 16.3. The minimum Gasteiger partial charge on any atom is -0.649 e. The molecule has 1 N–H and O–H groups in total. The Bertz CT molecular complexity index is 409. The third kappa shape index (κ3) is 11.5. The molecule has 1 aromatic carbocycles. The zero-order valence-electron chi connectivity index (χ0n) is 14.3. The number of para-hydroxylation sites is 1. The molecule has 118 valence electrons. The van der Waals surface area contributed by atoms with Crippen LogP contribution in [0, 0.1) is 19.8 Å². The second-order valence-electron chi connectivity index (χ2n) is 5.59. The van der Waals surface area contributed by atoms with E-state index in [0.29, 0.717) is 5.92 Å². The molecule has 22 heavy (non-hydrogen) atoms. The molecule has 0 aliphatic carbocycles. The van der Waals surface area contributed by atoms with Crippen LogP contribution >= 0.6 is 0 Å². The zero-order valence-corrected chi connectivity index (χ0v) is 14.3. The summed E-state index contributed by atoms with van der Waals surface area (Å²) in [6, 6.07) is 10.0. The van der Waals surface area contributed by atoms with Gasteiger partial charge < -0.3 is 28.7 Å². The SMILES string of the molecule is C=C(Nc1ccccc1)C(C[CH2-])C[CH2-].CC(C)(C)O[C-]=O.[Li+]. The van der Waals surface area contributed by atoms with Crippen molar-refractivity contribution in [2.75, 3.05) is 5.32 Å². The van der Waals surface area contributed by atoms with Crippen molar-refractivity contribution in [3.63, 3.8) is 0 Å². The normalized spacial score (nSPS) is 9.91. The van der Waals surface area contributed by atoms with E-state index in [1.54, 1.807) is 20.8 Å². The van der Waals surface area contributed by atoms with Crippen molar-refractivity contribution in [2.24, 2.45) is 5.92 Å². The molecule has 0 saturated carbocycles. The number of ether oxygens (including phenoxy) is 1. The molecule has 0 bridgehead atoms. The molecule has 0 heterocycles. The molecule has 0 aromatic heterocycles. The minimum absolute atomic E-state index is 0. The molecule has 0 radical (unpaired) electrons. The largest absolute Gasteiger partial charge is 1.00 e. The molecule has 0 atom stereocenters. The number of hydrogen-bond donors (Lipinski definition) is 1. The summed E-state index contributed by atoms with van der Waals surface area (Å²) in [5.41, 5.74) is 1.70. The molecule has 0 saturated heterocycles. The number of hydrogen-bond acceptors (Lipinski definition) is 3. The summed E-state index contributed by atoms with van der Waals surface area (Å²) < 4.78 is 4.42. The van der Waals surface area contributed by atoms with Gasteiger partial charge in [-0.15, -0.1) is 0 Å². The van der Waals surface area contributed by atoms with E-state index in [0.717, 1.165) is 24.2 Å². The van der Waals surface area contributed by atoms with Gasteiger partial charge in [-0.3, -0.25) is 0 Å². The van der Waals surface area contributed by atoms with Crippen LogP contribution in [0.3, 0.4) is 0 Å². The van der Waals surface area contributed by atoms with Crippen molar-refractivity contribution in [3.05, 3.63) is 56.5 Å². The number of anilines is 1. The number of carbonyl (C=O) groups excluding carboxylic acids is 1. The van der Waals surface area contributed by atoms with E-state index in [1.807, 2.05) is 30.3 Å². The molecule has 0 amide bonds. The van der Waals surface area contributed by atoms with Crippen LogP contribution in [0.15, 0.2) is 42.6 Å². The Morgan fingerprint density at radius 2 is 1.77 bits per heavy atom. The van der Waals surface area contributed by atoms with Crippen molar-refractivity contribution in [3.8, 4) is 0 Å². The number of allylic oxidation sites excluding steroid dienone is 1. The van der Waals surface area contributed by atoms with Gasteiger partial charge in [0, 0.05) is 11.4 Å². The number of rotatable bonds is 6. The first-order valence-corrected chi connectivity index (χ1v) is 6.98. The van der Waals surface area contributed by atoms with Gasteiger partial charge in [-0.25, -0.2) is 0 Å². The molecule has 0 spiro atoms. The van der Waals surface area contributed by atoms with Gasteiger partial charge in [-0.2, -0.15) is 12.8 Å². The summed E-state index contributed by atoms with van der Waals surface area (Å²) in [5.74, 6) is 0.357. The Balaban J connectivity index is 0. The van der Waals surface area contributed by atoms with Gasteiger partial charge in [0.1, 0.15) is 0 Å². The minimum atomic E-state index is -0.373. The van der Waals surface area contributed by atoms with E-state index >= 15 is 0 Å². The van der Waals surface area contributed by atoms with E-state index in [4.69, 9.17) is 0 Å². The average Bonchev–Trinajstić information content (AvgIpc) is 2.40. The van der Waals surface area contributed by atoms with Crippen LogP contribution in [0.25, 0.3) is 0 Å². The fourth-order valence-corrected chi connectivity index (χ4v) is 1.43. The summed E-state index contributed by atoms with van der Waals surface area (Å²) in [6.07, 6.45) is 1.67. The average molecular weight is 295 g/mol. The van der Waals surface area contributed by atoms with Crippen molar-refractivity contribution >= 4 is 12.2 Å². The second-order valence-corrected chi connectivity index (χ2v) is 5.59. The van der Waals surface area contributed by atoms with Crippen LogP contribution in [-0.4, -0.2) is 12.1 Å². The smallest absolute Gasteiger partial charge is 0.649 e. The van der Waals surface area contributed by atoms with E-state index in [9.17, 15) is 4.79 Å². The molecule has 4 heteroatoms.